The summed E-state index contributed by atoms with van der Waals surface area (Å²) in [4.78, 5) is 21.1. The third-order valence-electron chi connectivity index (χ3n) is 4.37. The molecule has 3 rings (SSSR count). The average Bonchev–Trinajstić information content (AvgIpc) is 2.63. The second kappa shape index (κ2) is 7.93. The van der Waals surface area contributed by atoms with Crippen LogP contribution in [0.25, 0.3) is 0 Å². The van der Waals surface area contributed by atoms with E-state index < -0.39 is 0 Å². The van der Waals surface area contributed by atoms with Gasteiger partial charge < -0.3 is 15.1 Å². The molecule has 0 spiro atoms. The Labute approximate surface area is 143 Å². The summed E-state index contributed by atoms with van der Waals surface area (Å²) in [6, 6.07) is 14.3. The van der Waals surface area contributed by atoms with Crippen LogP contribution in [0.15, 0.2) is 54.9 Å². The lowest BCUT2D eigenvalue weighted by atomic mass is 10.2. The van der Waals surface area contributed by atoms with E-state index in [9.17, 15) is 4.79 Å². The fourth-order valence-corrected chi connectivity index (χ4v) is 3.05. The molecular formula is C19H24N4O. The summed E-state index contributed by atoms with van der Waals surface area (Å²) in [6.07, 6.45) is 3.62. The Hall–Kier alpha value is -2.40. The van der Waals surface area contributed by atoms with E-state index in [1.54, 1.807) is 6.20 Å². The number of hydrogen-bond donors (Lipinski definition) is 1. The van der Waals surface area contributed by atoms with Crippen LogP contribution in [-0.4, -0.2) is 48.0 Å². The van der Waals surface area contributed by atoms with Gasteiger partial charge in [0.15, 0.2) is 0 Å². The second-order valence-electron chi connectivity index (χ2n) is 6.19. The lowest BCUT2D eigenvalue weighted by Gasteiger charge is -2.36. The summed E-state index contributed by atoms with van der Waals surface area (Å²) < 4.78 is 0. The standard InChI is InChI=1S/C19H24N4O/c1-16-12-21-10-11-23(16)19(24)15-22(18-7-3-2-4-8-18)14-17-6-5-9-20-13-17/h2-9,13,16,21H,10-12,14-15H2,1H3. The molecule has 0 saturated carbocycles. The van der Waals surface area contributed by atoms with Crippen LogP contribution in [0.2, 0.25) is 0 Å². The van der Waals surface area contributed by atoms with Crippen LogP contribution in [-0.2, 0) is 11.3 Å². The van der Waals surface area contributed by atoms with E-state index in [0.29, 0.717) is 13.1 Å². The lowest BCUT2D eigenvalue weighted by molar-refractivity contribution is -0.132. The molecular weight excluding hydrogens is 300 g/mol. The number of nitrogens with zero attached hydrogens (tertiary/aromatic N) is 3. The summed E-state index contributed by atoms with van der Waals surface area (Å²) in [7, 11) is 0. The van der Waals surface area contributed by atoms with E-state index in [2.05, 4.69) is 22.1 Å². The third-order valence-corrected chi connectivity index (χ3v) is 4.37. The van der Waals surface area contributed by atoms with E-state index in [1.165, 1.54) is 0 Å². The molecule has 1 amide bonds. The topological polar surface area (TPSA) is 48.5 Å². The van der Waals surface area contributed by atoms with E-state index >= 15 is 0 Å². The number of piperazine rings is 1. The summed E-state index contributed by atoms with van der Waals surface area (Å²) in [5.74, 6) is 0.178. The van der Waals surface area contributed by atoms with Gasteiger partial charge in [-0.3, -0.25) is 9.78 Å². The molecule has 1 aromatic heterocycles. The molecule has 5 nitrogen and oxygen atoms in total. The molecule has 1 aliphatic rings. The fraction of sp³-hybridized carbons (Fsp3) is 0.368. The summed E-state index contributed by atoms with van der Waals surface area (Å²) in [6.45, 7) is 5.64. The molecule has 1 N–H and O–H groups in total. The number of pyridine rings is 1. The van der Waals surface area contributed by atoms with E-state index in [0.717, 1.165) is 30.9 Å². The molecule has 1 aromatic carbocycles. The van der Waals surface area contributed by atoms with E-state index in [1.807, 2.05) is 53.6 Å². The number of anilines is 1. The first-order chi connectivity index (χ1) is 11.7. The number of para-hydroxylation sites is 1. The quantitative estimate of drug-likeness (QED) is 0.913. The van der Waals surface area contributed by atoms with Crippen molar-refractivity contribution < 1.29 is 4.79 Å². The highest BCUT2D eigenvalue weighted by atomic mass is 16.2. The normalized spacial score (nSPS) is 17.5. The first-order valence-electron chi connectivity index (χ1n) is 8.43. The van der Waals surface area contributed by atoms with Gasteiger partial charge in [-0.05, 0) is 30.7 Å². The summed E-state index contributed by atoms with van der Waals surface area (Å²) >= 11 is 0. The minimum atomic E-state index is 0.178. The zero-order valence-corrected chi connectivity index (χ0v) is 14.1. The monoisotopic (exact) mass is 324 g/mol. The van der Waals surface area contributed by atoms with Gasteiger partial charge in [-0.2, -0.15) is 0 Å². The van der Waals surface area contributed by atoms with Crippen molar-refractivity contribution >= 4 is 11.6 Å². The Kier molecular flexibility index (Phi) is 5.43. The number of nitrogens with one attached hydrogen (secondary N) is 1. The Morgan fingerprint density at radius 1 is 1.29 bits per heavy atom. The number of carbonyl (C=O) groups is 1. The zero-order valence-electron chi connectivity index (χ0n) is 14.1. The van der Waals surface area contributed by atoms with Crippen molar-refractivity contribution in [3.05, 3.63) is 60.4 Å². The van der Waals surface area contributed by atoms with Crippen molar-refractivity contribution in [2.24, 2.45) is 0 Å². The summed E-state index contributed by atoms with van der Waals surface area (Å²) in [5, 5.41) is 3.33. The molecule has 1 aliphatic heterocycles. The molecule has 1 atom stereocenters. The van der Waals surface area contributed by atoms with Crippen LogP contribution in [0.5, 0.6) is 0 Å². The Balaban J connectivity index is 1.75. The van der Waals surface area contributed by atoms with Crippen molar-refractivity contribution in [1.82, 2.24) is 15.2 Å². The zero-order chi connectivity index (χ0) is 16.8. The maximum absolute atomic E-state index is 12.8. The Morgan fingerprint density at radius 3 is 2.83 bits per heavy atom. The predicted molar refractivity (Wildman–Crippen MR) is 95.8 cm³/mol. The highest BCUT2D eigenvalue weighted by Gasteiger charge is 2.24. The fourth-order valence-electron chi connectivity index (χ4n) is 3.05. The van der Waals surface area contributed by atoms with Gasteiger partial charge in [0.2, 0.25) is 5.91 Å². The highest BCUT2D eigenvalue weighted by molar-refractivity contribution is 5.82. The number of amides is 1. The van der Waals surface area contributed by atoms with Gasteiger partial charge >= 0.3 is 0 Å². The van der Waals surface area contributed by atoms with Gasteiger partial charge in [-0.1, -0.05) is 24.3 Å². The van der Waals surface area contributed by atoms with Gasteiger partial charge in [0.05, 0.1) is 6.54 Å². The number of benzene rings is 1. The maximum Gasteiger partial charge on any atom is 0.242 e. The largest absolute Gasteiger partial charge is 0.358 e. The minimum absolute atomic E-state index is 0.178. The predicted octanol–water partition coefficient (Wildman–Crippen LogP) is 1.91. The molecule has 1 fully saturated rings. The first-order valence-corrected chi connectivity index (χ1v) is 8.43. The molecule has 24 heavy (non-hydrogen) atoms. The molecule has 0 bridgehead atoms. The van der Waals surface area contributed by atoms with E-state index in [-0.39, 0.29) is 11.9 Å². The third kappa shape index (κ3) is 4.11. The van der Waals surface area contributed by atoms with Crippen LogP contribution < -0.4 is 10.2 Å². The van der Waals surface area contributed by atoms with Crippen LogP contribution in [0, 0.1) is 0 Å². The maximum atomic E-state index is 12.8. The van der Waals surface area contributed by atoms with Crippen molar-refractivity contribution in [1.29, 1.82) is 0 Å². The van der Waals surface area contributed by atoms with Gasteiger partial charge in [-0.25, -0.2) is 0 Å². The lowest BCUT2D eigenvalue weighted by Crippen LogP contribution is -2.54. The van der Waals surface area contributed by atoms with Gasteiger partial charge in [0, 0.05) is 50.3 Å². The molecule has 1 unspecified atom stereocenters. The number of aromatic nitrogens is 1. The molecule has 2 aromatic rings. The SMILES string of the molecule is CC1CNCCN1C(=O)CN(Cc1cccnc1)c1ccccc1. The average molecular weight is 324 g/mol. The van der Waals surface area contributed by atoms with Crippen molar-refractivity contribution in [3.63, 3.8) is 0 Å². The van der Waals surface area contributed by atoms with E-state index in [4.69, 9.17) is 0 Å². The summed E-state index contributed by atoms with van der Waals surface area (Å²) in [5.41, 5.74) is 2.15. The number of rotatable bonds is 5. The van der Waals surface area contributed by atoms with Crippen LogP contribution in [0.1, 0.15) is 12.5 Å². The highest BCUT2D eigenvalue weighted by Crippen LogP contribution is 2.17. The number of hydrogen-bond acceptors (Lipinski definition) is 4. The first kappa shape index (κ1) is 16.5. The number of carbonyl (C=O) groups excluding carboxylic acids is 1. The molecule has 2 heterocycles. The van der Waals surface area contributed by atoms with Crippen molar-refractivity contribution in [2.75, 3.05) is 31.1 Å². The minimum Gasteiger partial charge on any atom is -0.358 e. The molecule has 1 saturated heterocycles. The van der Waals surface area contributed by atoms with Gasteiger partial charge in [0.25, 0.3) is 0 Å². The Bertz CT molecular complexity index is 647. The second-order valence-corrected chi connectivity index (χ2v) is 6.19. The van der Waals surface area contributed by atoms with Gasteiger partial charge in [-0.15, -0.1) is 0 Å². The molecule has 126 valence electrons. The molecule has 0 radical (unpaired) electrons. The van der Waals surface area contributed by atoms with Gasteiger partial charge in [0.1, 0.15) is 0 Å². The van der Waals surface area contributed by atoms with Crippen molar-refractivity contribution in [3.8, 4) is 0 Å². The van der Waals surface area contributed by atoms with Crippen LogP contribution in [0.3, 0.4) is 0 Å². The molecule has 0 aliphatic carbocycles. The smallest absolute Gasteiger partial charge is 0.242 e. The van der Waals surface area contributed by atoms with Crippen LogP contribution in [0.4, 0.5) is 5.69 Å². The molecule has 5 heteroatoms. The van der Waals surface area contributed by atoms with Crippen molar-refractivity contribution in [2.45, 2.75) is 19.5 Å². The van der Waals surface area contributed by atoms with Crippen LogP contribution >= 0.6 is 0 Å². The Morgan fingerprint density at radius 2 is 2.12 bits per heavy atom.